The van der Waals surface area contributed by atoms with Crippen LogP contribution in [0.3, 0.4) is 0 Å². The molecule has 5 heavy (non-hydrogen) atoms. The first-order valence-corrected chi connectivity index (χ1v) is 0. The van der Waals surface area contributed by atoms with Gasteiger partial charge in [-0.05, 0) is 0 Å². The molecule has 0 fully saturated rings. The molecule has 0 aromatic heterocycles. The van der Waals surface area contributed by atoms with E-state index in [1.807, 2.05) is 0 Å². The van der Waals surface area contributed by atoms with Gasteiger partial charge in [0.15, 0.2) is 0 Å². The predicted molar refractivity (Wildman–Crippen MR) is 21.7 cm³/mol. The van der Waals surface area contributed by atoms with Crippen LogP contribution >= 0.6 is 24.8 Å². The van der Waals surface area contributed by atoms with Crippen molar-refractivity contribution < 1.29 is 32.0 Å². The maximum absolute atomic E-state index is 0. The van der Waals surface area contributed by atoms with Gasteiger partial charge >= 0.3 is 0 Å². The minimum atomic E-state index is 0. The monoisotopic (exact) mass is 292 g/mol. The third-order valence-corrected chi connectivity index (χ3v) is 0. The van der Waals surface area contributed by atoms with Crippen LogP contribution in [0.4, 0.5) is 0 Å². The average Bonchev–Trinajstić information content (AvgIpc) is 0. The average molecular weight is 293 g/mol. The second kappa shape index (κ2) is 64.5. The third kappa shape index (κ3) is 37.3. The molecule has 2 nitrogen and oxygen atoms in total. The van der Waals surface area contributed by atoms with Crippen LogP contribution in [-0.2, 0) is 21.1 Å². The topological polar surface area (TPSA) is 63.0 Å². The quantitative estimate of drug-likeness (QED) is 0.561. The van der Waals surface area contributed by atoms with Crippen LogP contribution < -0.4 is 0 Å². The zero-order valence-corrected chi connectivity index (χ0v) is 6.79. The molecule has 0 unspecified atom stereocenters. The van der Waals surface area contributed by atoms with Crippen molar-refractivity contribution in [3.8, 4) is 0 Å². The van der Waals surface area contributed by atoms with Gasteiger partial charge in [0, 0.05) is 21.1 Å². The van der Waals surface area contributed by atoms with Gasteiger partial charge in [-0.15, -0.1) is 24.8 Å². The summed E-state index contributed by atoms with van der Waals surface area (Å²) in [5.41, 5.74) is 0. The molecule has 0 saturated carbocycles. The van der Waals surface area contributed by atoms with Crippen LogP contribution in [0.5, 0.6) is 0 Å². The summed E-state index contributed by atoms with van der Waals surface area (Å²) in [6.07, 6.45) is 0. The molecule has 0 radical (unpaired) electrons. The molecule has 0 aliphatic rings. The van der Waals surface area contributed by atoms with Gasteiger partial charge in [0.1, 0.15) is 0 Å². The van der Waals surface area contributed by atoms with Crippen molar-refractivity contribution in [1.82, 2.24) is 0 Å². The Morgan fingerprint density at radius 2 is 0.600 bits per heavy atom. The molecule has 5 heteroatoms. The summed E-state index contributed by atoms with van der Waals surface area (Å²) in [6.45, 7) is 0. The predicted octanol–water partition coefficient (Wildman–Crippen LogP) is -0.808. The molecule has 38 valence electrons. The summed E-state index contributed by atoms with van der Waals surface area (Å²) in [5, 5.41) is 0. The van der Waals surface area contributed by atoms with E-state index in [0.29, 0.717) is 0 Å². The summed E-state index contributed by atoms with van der Waals surface area (Å²) in [6, 6.07) is 0. The van der Waals surface area contributed by atoms with E-state index >= 15 is 0 Å². The van der Waals surface area contributed by atoms with Crippen LogP contribution in [0.2, 0.25) is 0 Å². The molecule has 0 aromatic carbocycles. The van der Waals surface area contributed by atoms with E-state index in [-0.39, 0.29) is 56.8 Å². The van der Waals surface area contributed by atoms with Gasteiger partial charge in [-0.1, -0.05) is 0 Å². The fourth-order valence-electron chi connectivity index (χ4n) is 0. The summed E-state index contributed by atoms with van der Waals surface area (Å²) in [4.78, 5) is 0. The third-order valence-electron chi connectivity index (χ3n) is 0. The zero-order valence-electron chi connectivity index (χ0n) is 2.22. The molecule has 0 spiro atoms. The number of halogens is 2. The van der Waals surface area contributed by atoms with Crippen molar-refractivity contribution in [2.75, 3.05) is 0 Å². The fraction of sp³-hybridized carbons (Fsp3) is 0. The van der Waals surface area contributed by atoms with Gasteiger partial charge in [0.25, 0.3) is 0 Å². The van der Waals surface area contributed by atoms with Gasteiger partial charge < -0.3 is 11.0 Å². The van der Waals surface area contributed by atoms with Crippen molar-refractivity contribution >= 4 is 24.8 Å². The van der Waals surface area contributed by atoms with Gasteiger partial charge in [0.2, 0.25) is 0 Å². The van der Waals surface area contributed by atoms with Gasteiger partial charge in [-0.2, -0.15) is 0 Å². The molecule has 0 aromatic rings. The molecule has 0 amide bonds. The molecule has 0 aliphatic carbocycles. The van der Waals surface area contributed by atoms with E-state index < -0.39 is 0 Å². The second-order valence-corrected chi connectivity index (χ2v) is 0. The maximum atomic E-state index is 0. The molecular formula is H6Cl2O2W. The normalized spacial score (nSPS) is 0. The standard InChI is InChI=1S/2ClH.2H2O.W/h2*1H;2*1H2;. The van der Waals surface area contributed by atoms with Crippen LogP contribution in [0.15, 0.2) is 0 Å². The van der Waals surface area contributed by atoms with E-state index in [1.165, 1.54) is 0 Å². The molecule has 0 atom stereocenters. The van der Waals surface area contributed by atoms with Crippen LogP contribution in [0, 0.1) is 0 Å². The Balaban J connectivity index is 0. The molecule has 0 rings (SSSR count). The van der Waals surface area contributed by atoms with E-state index in [1.54, 1.807) is 0 Å². The summed E-state index contributed by atoms with van der Waals surface area (Å²) < 4.78 is 0. The molecular weight excluding hydrogens is 287 g/mol. The second-order valence-electron chi connectivity index (χ2n) is 0. The van der Waals surface area contributed by atoms with Crippen LogP contribution in [0.25, 0.3) is 0 Å². The minimum Gasteiger partial charge on any atom is -0.412 e. The Kier molecular flexibility index (Phi) is 1520. The van der Waals surface area contributed by atoms with Crippen molar-refractivity contribution in [3.05, 3.63) is 0 Å². The van der Waals surface area contributed by atoms with E-state index in [9.17, 15) is 0 Å². The van der Waals surface area contributed by atoms with E-state index in [0.717, 1.165) is 0 Å². The molecule has 4 N–H and O–H groups in total. The smallest absolute Gasteiger partial charge is 0 e. The first kappa shape index (κ1) is 118. The van der Waals surface area contributed by atoms with E-state index in [4.69, 9.17) is 0 Å². The Labute approximate surface area is 57.0 Å². The largest absolute Gasteiger partial charge is 0.412 e. The Hall–Kier alpha value is 1.19. The fourth-order valence-corrected chi connectivity index (χ4v) is 0. The van der Waals surface area contributed by atoms with Crippen molar-refractivity contribution in [2.45, 2.75) is 0 Å². The molecule has 0 saturated heterocycles. The van der Waals surface area contributed by atoms with E-state index in [2.05, 4.69) is 0 Å². The number of rotatable bonds is 0. The van der Waals surface area contributed by atoms with Gasteiger partial charge in [-0.25, -0.2) is 0 Å². The minimum absolute atomic E-state index is 0. The molecule has 0 bridgehead atoms. The Morgan fingerprint density at radius 3 is 0.600 bits per heavy atom. The zero-order chi connectivity index (χ0) is 0. The van der Waals surface area contributed by atoms with Crippen molar-refractivity contribution in [1.29, 1.82) is 0 Å². The van der Waals surface area contributed by atoms with Gasteiger partial charge in [-0.3, -0.25) is 0 Å². The molecule has 0 heterocycles. The van der Waals surface area contributed by atoms with Crippen LogP contribution in [0.1, 0.15) is 0 Å². The summed E-state index contributed by atoms with van der Waals surface area (Å²) in [7, 11) is 0. The summed E-state index contributed by atoms with van der Waals surface area (Å²) in [5.74, 6) is 0. The molecule has 0 aliphatic heterocycles. The van der Waals surface area contributed by atoms with Crippen molar-refractivity contribution in [2.24, 2.45) is 0 Å². The van der Waals surface area contributed by atoms with Crippen molar-refractivity contribution in [3.63, 3.8) is 0 Å². The Morgan fingerprint density at radius 1 is 0.600 bits per heavy atom. The summed E-state index contributed by atoms with van der Waals surface area (Å²) >= 11 is 0. The first-order valence-electron chi connectivity index (χ1n) is 0. The Bertz CT molecular complexity index is 7.61. The maximum Gasteiger partial charge on any atom is 0 e. The van der Waals surface area contributed by atoms with Gasteiger partial charge in [0.05, 0.1) is 0 Å². The number of hydrogen-bond acceptors (Lipinski definition) is 0. The van der Waals surface area contributed by atoms with Crippen LogP contribution in [-0.4, -0.2) is 11.0 Å². The first-order chi connectivity index (χ1) is 0. The SMILES string of the molecule is Cl.Cl.O.O.[W]. The number of hydrogen-bond donors (Lipinski definition) is 0.